The van der Waals surface area contributed by atoms with Gasteiger partial charge < -0.3 is 4.52 Å². The number of hydrazine groups is 1. The van der Waals surface area contributed by atoms with Gasteiger partial charge in [0.25, 0.3) is 11.6 Å². The summed E-state index contributed by atoms with van der Waals surface area (Å²) >= 11 is 0. The fourth-order valence-corrected chi connectivity index (χ4v) is 2.99. The Morgan fingerprint density at radius 2 is 1.68 bits per heavy atom. The molecule has 0 aliphatic carbocycles. The van der Waals surface area contributed by atoms with E-state index in [0.29, 0.717) is 34.0 Å². The van der Waals surface area contributed by atoms with Crippen LogP contribution in [0.3, 0.4) is 0 Å². The molecular weight excluding hydrogens is 356 g/mol. The third kappa shape index (κ3) is 3.39. The summed E-state index contributed by atoms with van der Waals surface area (Å²) in [7, 11) is 0. The summed E-state index contributed by atoms with van der Waals surface area (Å²) in [4.78, 5) is 25.9. The predicted molar refractivity (Wildman–Crippen MR) is 105 cm³/mol. The molecule has 28 heavy (non-hydrogen) atoms. The number of nitrogens with one attached hydrogen (secondary N) is 2. The smallest absolute Gasteiger partial charge is 0.270 e. The molecule has 0 bridgehead atoms. The zero-order valence-electron chi connectivity index (χ0n) is 15.6. The lowest BCUT2D eigenvalue weighted by atomic mass is 10.1. The number of nitrogens with zero attached hydrogens (tertiary/aromatic N) is 4. The summed E-state index contributed by atoms with van der Waals surface area (Å²) in [6.07, 6.45) is 0. The molecule has 3 heterocycles. The van der Waals surface area contributed by atoms with E-state index in [2.05, 4.69) is 31.0 Å². The molecule has 3 aromatic heterocycles. The van der Waals surface area contributed by atoms with Crippen LogP contribution in [0, 0.1) is 20.8 Å². The van der Waals surface area contributed by atoms with Crippen LogP contribution in [0.2, 0.25) is 0 Å². The summed E-state index contributed by atoms with van der Waals surface area (Å²) in [6.45, 7) is 5.49. The number of carbonyl (C=O) groups excluding carboxylic acids is 1. The highest BCUT2D eigenvalue weighted by molar-refractivity contribution is 6.07. The topological polar surface area (TPSA) is 106 Å². The maximum atomic E-state index is 12.9. The number of fused-ring (bicyclic) bond motifs is 1. The minimum atomic E-state index is -0.362. The number of benzene rings is 1. The molecule has 8 nitrogen and oxygen atoms in total. The van der Waals surface area contributed by atoms with E-state index in [1.165, 1.54) is 0 Å². The largest absolute Gasteiger partial charge is 0.335 e. The van der Waals surface area contributed by atoms with E-state index in [4.69, 9.17) is 4.52 Å². The summed E-state index contributed by atoms with van der Waals surface area (Å²) in [6, 6.07) is 13.1. The Morgan fingerprint density at radius 1 is 0.964 bits per heavy atom. The van der Waals surface area contributed by atoms with Crippen LogP contribution in [0.15, 0.2) is 47.0 Å². The van der Waals surface area contributed by atoms with Gasteiger partial charge in [0.15, 0.2) is 0 Å². The third-order valence-corrected chi connectivity index (χ3v) is 4.20. The lowest BCUT2D eigenvalue weighted by Gasteiger charge is -2.10. The molecule has 0 fully saturated rings. The molecular formula is C20H18N6O2. The van der Waals surface area contributed by atoms with Crippen LogP contribution >= 0.6 is 0 Å². The summed E-state index contributed by atoms with van der Waals surface area (Å²) in [5.41, 5.74) is 9.82. The normalized spacial score (nSPS) is 10.8. The van der Waals surface area contributed by atoms with Gasteiger partial charge in [-0.05, 0) is 32.9 Å². The highest BCUT2D eigenvalue weighted by Crippen LogP contribution is 2.26. The average Bonchev–Trinajstić information content (AvgIpc) is 3.06. The second-order valence-corrected chi connectivity index (χ2v) is 6.42. The number of carbonyl (C=O) groups is 1. The Kier molecular flexibility index (Phi) is 4.44. The van der Waals surface area contributed by atoms with Gasteiger partial charge in [0, 0.05) is 17.0 Å². The van der Waals surface area contributed by atoms with Gasteiger partial charge in [-0.1, -0.05) is 35.5 Å². The van der Waals surface area contributed by atoms with E-state index in [1.54, 1.807) is 13.0 Å². The van der Waals surface area contributed by atoms with Crippen molar-refractivity contribution in [1.29, 1.82) is 0 Å². The number of hydrogen-bond donors (Lipinski definition) is 2. The minimum absolute atomic E-state index is 0.312. The number of rotatable bonds is 4. The van der Waals surface area contributed by atoms with Gasteiger partial charge in [0.05, 0.1) is 22.3 Å². The van der Waals surface area contributed by atoms with E-state index < -0.39 is 0 Å². The minimum Gasteiger partial charge on any atom is -0.335 e. The van der Waals surface area contributed by atoms with Crippen molar-refractivity contribution in [2.24, 2.45) is 0 Å². The Morgan fingerprint density at radius 3 is 2.39 bits per heavy atom. The second-order valence-electron chi connectivity index (χ2n) is 6.42. The number of amides is 1. The number of aryl methyl sites for hydroxylation is 3. The average molecular weight is 374 g/mol. The Balaban J connectivity index is 1.70. The number of hydrogen-bond acceptors (Lipinski definition) is 7. The zero-order valence-corrected chi connectivity index (χ0v) is 15.6. The van der Waals surface area contributed by atoms with Gasteiger partial charge in [-0.25, -0.2) is 15.0 Å². The molecule has 4 aromatic rings. The SMILES string of the molecule is Cc1cc(C)nc(NNC(=O)c2cc(-c3ccccc3)nc3onc(C)c23)n1. The van der Waals surface area contributed by atoms with E-state index >= 15 is 0 Å². The van der Waals surface area contributed by atoms with Gasteiger partial charge in [-0.3, -0.25) is 15.6 Å². The summed E-state index contributed by atoms with van der Waals surface area (Å²) in [5, 5.41) is 4.52. The predicted octanol–water partition coefficient (Wildman–Crippen LogP) is 3.36. The molecule has 8 heteroatoms. The Labute approximate surface area is 161 Å². The molecule has 0 aliphatic heterocycles. The highest BCUT2D eigenvalue weighted by atomic mass is 16.5. The number of anilines is 1. The first-order valence-corrected chi connectivity index (χ1v) is 8.72. The fourth-order valence-electron chi connectivity index (χ4n) is 2.99. The van der Waals surface area contributed by atoms with Crippen molar-refractivity contribution < 1.29 is 9.32 Å². The lowest BCUT2D eigenvalue weighted by Crippen LogP contribution is -2.30. The first kappa shape index (κ1) is 17.6. The summed E-state index contributed by atoms with van der Waals surface area (Å²) in [5.74, 6) is -0.0416. The molecule has 1 aromatic carbocycles. The van der Waals surface area contributed by atoms with E-state index in [1.807, 2.05) is 50.2 Å². The molecule has 4 rings (SSSR count). The van der Waals surface area contributed by atoms with Crippen LogP contribution in [0.25, 0.3) is 22.4 Å². The number of pyridine rings is 1. The molecule has 0 aliphatic rings. The first-order valence-electron chi connectivity index (χ1n) is 8.72. The standard InChI is InChI=1S/C20H18N6O2/c1-11-9-12(2)22-20(21-11)25-24-18(27)15-10-16(14-7-5-4-6-8-14)23-19-17(15)13(3)26-28-19/h4-10H,1-3H3,(H,24,27)(H,21,22,25). The molecule has 0 spiro atoms. The lowest BCUT2D eigenvalue weighted by molar-refractivity contribution is 0.0963. The quantitative estimate of drug-likeness (QED) is 0.528. The second kappa shape index (κ2) is 7.07. The van der Waals surface area contributed by atoms with Crippen LogP contribution in [-0.4, -0.2) is 26.0 Å². The van der Waals surface area contributed by atoms with Gasteiger partial charge in [0.1, 0.15) is 0 Å². The van der Waals surface area contributed by atoms with Gasteiger partial charge in [-0.15, -0.1) is 0 Å². The molecule has 1 amide bonds. The maximum Gasteiger partial charge on any atom is 0.270 e. The maximum absolute atomic E-state index is 12.9. The van der Waals surface area contributed by atoms with Gasteiger partial charge in [0.2, 0.25) is 5.95 Å². The first-order chi connectivity index (χ1) is 13.5. The van der Waals surface area contributed by atoms with Crippen molar-refractivity contribution in [2.45, 2.75) is 20.8 Å². The fraction of sp³-hybridized carbons (Fsp3) is 0.150. The van der Waals surface area contributed by atoms with Crippen molar-refractivity contribution >= 4 is 23.0 Å². The highest BCUT2D eigenvalue weighted by Gasteiger charge is 2.19. The zero-order chi connectivity index (χ0) is 19.7. The molecule has 0 saturated carbocycles. The Hall–Kier alpha value is -3.81. The molecule has 2 N–H and O–H groups in total. The van der Waals surface area contributed by atoms with Crippen LogP contribution in [0.1, 0.15) is 27.4 Å². The van der Waals surface area contributed by atoms with E-state index in [0.717, 1.165) is 17.0 Å². The molecule has 0 radical (unpaired) electrons. The van der Waals surface area contributed by atoms with Crippen LogP contribution < -0.4 is 10.9 Å². The monoisotopic (exact) mass is 374 g/mol. The van der Waals surface area contributed by atoms with E-state index in [-0.39, 0.29) is 5.91 Å². The Bertz CT molecular complexity index is 1150. The van der Waals surface area contributed by atoms with Crippen molar-refractivity contribution in [1.82, 2.24) is 25.5 Å². The molecule has 140 valence electrons. The van der Waals surface area contributed by atoms with Crippen LogP contribution in [0.5, 0.6) is 0 Å². The van der Waals surface area contributed by atoms with E-state index in [9.17, 15) is 4.79 Å². The van der Waals surface area contributed by atoms with Crippen LogP contribution in [0.4, 0.5) is 5.95 Å². The van der Waals surface area contributed by atoms with Crippen molar-refractivity contribution in [3.8, 4) is 11.3 Å². The van der Waals surface area contributed by atoms with Crippen molar-refractivity contribution in [3.05, 3.63) is 65.1 Å². The van der Waals surface area contributed by atoms with Gasteiger partial charge >= 0.3 is 0 Å². The van der Waals surface area contributed by atoms with Crippen molar-refractivity contribution in [2.75, 3.05) is 5.43 Å². The van der Waals surface area contributed by atoms with Gasteiger partial charge in [-0.2, -0.15) is 0 Å². The number of aromatic nitrogens is 4. The van der Waals surface area contributed by atoms with Crippen LogP contribution in [-0.2, 0) is 0 Å². The molecule has 0 atom stereocenters. The molecule has 0 saturated heterocycles. The summed E-state index contributed by atoms with van der Waals surface area (Å²) < 4.78 is 5.31. The van der Waals surface area contributed by atoms with Crippen molar-refractivity contribution in [3.63, 3.8) is 0 Å². The molecule has 0 unspecified atom stereocenters. The third-order valence-electron chi connectivity index (χ3n) is 4.20.